The molecule has 8 heteroatoms. The summed E-state index contributed by atoms with van der Waals surface area (Å²) in [4.78, 5) is 23.4. The van der Waals surface area contributed by atoms with Crippen LogP contribution in [-0.2, 0) is 28.5 Å². The average Bonchev–Trinajstić information content (AvgIpc) is 2.39. The topological polar surface area (TPSA) is 97.1 Å². The van der Waals surface area contributed by atoms with Crippen molar-refractivity contribution in [2.75, 3.05) is 21.3 Å². The van der Waals surface area contributed by atoms with Crippen LogP contribution in [0, 0.1) is 0 Å². The van der Waals surface area contributed by atoms with Gasteiger partial charge in [0.15, 0.2) is 0 Å². The standard InChI is InChI=1S/C11H23NO6Si/c1-5-6-10(15-2,18-8(13)7-19)11(16-3,17-4)9(12)14/h5-7H2,1-4,19H3,(H2,12,14). The predicted molar refractivity (Wildman–Crippen MR) is 71.4 cm³/mol. The van der Waals surface area contributed by atoms with E-state index in [1.165, 1.54) is 21.3 Å². The van der Waals surface area contributed by atoms with Crippen LogP contribution in [0.4, 0.5) is 0 Å². The lowest BCUT2D eigenvalue weighted by Crippen LogP contribution is -2.66. The second-order valence-electron chi connectivity index (χ2n) is 3.92. The Bertz CT molecular complexity index is 320. The van der Waals surface area contributed by atoms with E-state index in [0.717, 1.165) is 0 Å². The number of hydrogen-bond acceptors (Lipinski definition) is 6. The third kappa shape index (κ3) is 3.33. The lowest BCUT2D eigenvalue weighted by atomic mass is 9.99. The van der Waals surface area contributed by atoms with E-state index in [9.17, 15) is 9.59 Å². The highest BCUT2D eigenvalue weighted by Gasteiger charge is 2.61. The molecule has 0 bridgehead atoms. The average molecular weight is 293 g/mol. The van der Waals surface area contributed by atoms with Crippen molar-refractivity contribution >= 4 is 22.1 Å². The molecule has 0 rings (SSSR count). The Kier molecular flexibility index (Phi) is 7.20. The van der Waals surface area contributed by atoms with Crippen LogP contribution in [0.5, 0.6) is 0 Å². The number of esters is 1. The number of nitrogens with two attached hydrogens (primary N) is 1. The van der Waals surface area contributed by atoms with Gasteiger partial charge < -0.3 is 24.7 Å². The predicted octanol–water partition coefficient (Wildman–Crippen LogP) is -1.07. The van der Waals surface area contributed by atoms with Gasteiger partial charge in [-0.15, -0.1) is 0 Å². The Hall–Kier alpha value is -0.963. The molecule has 0 radical (unpaired) electrons. The molecule has 2 N–H and O–H groups in total. The molecule has 0 saturated carbocycles. The first-order valence-corrected chi connectivity index (χ1v) is 7.48. The first kappa shape index (κ1) is 18.0. The van der Waals surface area contributed by atoms with Crippen molar-refractivity contribution in [2.45, 2.75) is 37.4 Å². The Morgan fingerprint density at radius 1 is 1.16 bits per heavy atom. The van der Waals surface area contributed by atoms with Gasteiger partial charge in [-0.05, 0) is 6.42 Å². The molecule has 0 fully saturated rings. The fourth-order valence-electron chi connectivity index (χ4n) is 1.93. The third-order valence-corrected chi connectivity index (χ3v) is 3.45. The van der Waals surface area contributed by atoms with Crippen molar-refractivity contribution in [1.82, 2.24) is 0 Å². The smallest absolute Gasteiger partial charge is 0.316 e. The monoisotopic (exact) mass is 293 g/mol. The second-order valence-corrected chi connectivity index (χ2v) is 4.63. The van der Waals surface area contributed by atoms with Crippen molar-refractivity contribution < 1.29 is 28.5 Å². The first-order chi connectivity index (χ1) is 8.89. The SMILES string of the molecule is CCCC(OC)(OC(=O)C[SiH3])C(OC)(OC)C(N)=O. The molecule has 1 unspecified atom stereocenters. The van der Waals surface area contributed by atoms with Gasteiger partial charge in [0.25, 0.3) is 11.7 Å². The lowest BCUT2D eigenvalue weighted by molar-refractivity contribution is -0.363. The first-order valence-electron chi connectivity index (χ1n) is 6.06. The summed E-state index contributed by atoms with van der Waals surface area (Å²) in [7, 11) is 4.43. The summed E-state index contributed by atoms with van der Waals surface area (Å²) >= 11 is 0. The molecule has 1 amide bonds. The molecule has 0 spiro atoms. The van der Waals surface area contributed by atoms with E-state index in [-0.39, 0.29) is 12.5 Å². The number of methoxy groups -OCH3 is 3. The Balaban J connectivity index is 5.75. The summed E-state index contributed by atoms with van der Waals surface area (Å²) in [5, 5.41) is 0. The maximum absolute atomic E-state index is 11.7. The highest BCUT2D eigenvalue weighted by atomic mass is 28.1. The van der Waals surface area contributed by atoms with Crippen LogP contribution in [0.3, 0.4) is 0 Å². The lowest BCUT2D eigenvalue weighted by Gasteiger charge is -2.43. The number of primary amides is 1. The van der Waals surface area contributed by atoms with Crippen molar-refractivity contribution in [3.8, 4) is 0 Å². The van der Waals surface area contributed by atoms with Crippen LogP contribution in [-0.4, -0.2) is 55.0 Å². The van der Waals surface area contributed by atoms with Gasteiger partial charge in [0.1, 0.15) is 0 Å². The fraction of sp³-hybridized carbons (Fsp3) is 0.818. The normalized spacial score (nSPS) is 14.9. The van der Waals surface area contributed by atoms with Crippen LogP contribution in [0.1, 0.15) is 19.8 Å². The van der Waals surface area contributed by atoms with Crippen LogP contribution in [0.2, 0.25) is 6.04 Å². The van der Waals surface area contributed by atoms with Gasteiger partial charge >= 0.3 is 11.8 Å². The van der Waals surface area contributed by atoms with Crippen molar-refractivity contribution in [3.63, 3.8) is 0 Å². The molecule has 112 valence electrons. The molecule has 7 nitrogen and oxygen atoms in total. The number of hydrogen-bond donors (Lipinski definition) is 1. The molecule has 0 aliphatic rings. The van der Waals surface area contributed by atoms with Crippen molar-refractivity contribution in [1.29, 1.82) is 0 Å². The molecule has 0 aliphatic heterocycles. The fourth-order valence-corrected chi connectivity index (χ4v) is 2.07. The van der Waals surface area contributed by atoms with Crippen LogP contribution in [0.15, 0.2) is 0 Å². The zero-order valence-corrected chi connectivity index (χ0v) is 14.1. The number of carbonyl (C=O) groups excluding carboxylic acids is 2. The molecule has 0 aliphatic carbocycles. The van der Waals surface area contributed by atoms with E-state index in [2.05, 4.69) is 0 Å². The molecule has 1 atom stereocenters. The minimum absolute atomic E-state index is 0.210. The summed E-state index contributed by atoms with van der Waals surface area (Å²) in [6.45, 7) is 1.85. The van der Waals surface area contributed by atoms with Gasteiger partial charge in [-0.3, -0.25) is 9.59 Å². The molecule has 0 aromatic carbocycles. The van der Waals surface area contributed by atoms with E-state index in [4.69, 9.17) is 24.7 Å². The molecule has 0 aromatic heterocycles. The molecule has 0 saturated heterocycles. The summed E-state index contributed by atoms with van der Waals surface area (Å²) in [5.41, 5.74) is 5.35. The zero-order valence-electron chi connectivity index (χ0n) is 12.1. The minimum Gasteiger partial charge on any atom is -0.427 e. The van der Waals surface area contributed by atoms with E-state index in [1.54, 1.807) is 0 Å². The highest BCUT2D eigenvalue weighted by Crippen LogP contribution is 2.36. The summed E-state index contributed by atoms with van der Waals surface area (Å²) in [6, 6.07) is 0.261. The second kappa shape index (κ2) is 7.58. The summed E-state index contributed by atoms with van der Waals surface area (Å²) < 4.78 is 20.8. The van der Waals surface area contributed by atoms with Gasteiger partial charge in [0.05, 0.1) is 0 Å². The maximum atomic E-state index is 11.7. The highest BCUT2D eigenvalue weighted by molar-refractivity contribution is 6.18. The van der Waals surface area contributed by atoms with Gasteiger partial charge in [-0.1, -0.05) is 6.92 Å². The Morgan fingerprint density at radius 3 is 1.95 bits per heavy atom. The van der Waals surface area contributed by atoms with Gasteiger partial charge in [-0.25, -0.2) is 0 Å². The van der Waals surface area contributed by atoms with Crippen LogP contribution >= 0.6 is 0 Å². The minimum atomic E-state index is -1.98. The Morgan fingerprint density at radius 2 is 1.68 bits per heavy atom. The summed E-state index contributed by atoms with van der Waals surface area (Å²) in [6.07, 6.45) is 0.783. The summed E-state index contributed by atoms with van der Waals surface area (Å²) in [5.74, 6) is -5.08. The molecular weight excluding hydrogens is 270 g/mol. The van der Waals surface area contributed by atoms with Crippen molar-refractivity contribution in [3.05, 3.63) is 0 Å². The van der Waals surface area contributed by atoms with E-state index in [0.29, 0.717) is 16.7 Å². The van der Waals surface area contributed by atoms with E-state index < -0.39 is 23.5 Å². The molecule has 0 heterocycles. The maximum Gasteiger partial charge on any atom is 0.316 e. The number of amides is 1. The molecule has 0 aromatic rings. The number of ether oxygens (including phenoxy) is 4. The van der Waals surface area contributed by atoms with Gasteiger partial charge in [-0.2, -0.15) is 0 Å². The zero-order chi connectivity index (χ0) is 15.1. The third-order valence-electron chi connectivity index (χ3n) is 2.88. The molecule has 19 heavy (non-hydrogen) atoms. The van der Waals surface area contributed by atoms with Gasteiger partial charge in [0.2, 0.25) is 0 Å². The van der Waals surface area contributed by atoms with Crippen LogP contribution < -0.4 is 5.73 Å². The van der Waals surface area contributed by atoms with Gasteiger partial charge in [0, 0.05) is 44.0 Å². The number of carbonyl (C=O) groups is 2. The number of rotatable bonds is 9. The van der Waals surface area contributed by atoms with E-state index >= 15 is 0 Å². The Labute approximate surface area is 116 Å². The van der Waals surface area contributed by atoms with Crippen molar-refractivity contribution in [2.24, 2.45) is 5.73 Å². The molecular formula is C11H23NO6Si. The largest absolute Gasteiger partial charge is 0.427 e. The van der Waals surface area contributed by atoms with Crippen LogP contribution in [0.25, 0.3) is 0 Å². The van der Waals surface area contributed by atoms with E-state index in [1.807, 2.05) is 6.92 Å². The quantitative estimate of drug-likeness (QED) is 0.330.